The van der Waals surface area contributed by atoms with Gasteiger partial charge in [-0.25, -0.2) is 0 Å². The van der Waals surface area contributed by atoms with Crippen molar-refractivity contribution in [3.63, 3.8) is 0 Å². The van der Waals surface area contributed by atoms with Gasteiger partial charge in [0.1, 0.15) is 0 Å². The first-order chi connectivity index (χ1) is 15.7. The van der Waals surface area contributed by atoms with E-state index in [1.54, 1.807) is 36.7 Å². The fourth-order valence-corrected chi connectivity index (χ4v) is 3.59. The third-order valence-electron chi connectivity index (χ3n) is 5.20. The minimum Gasteiger partial charge on any atom is -0.321 e. The zero-order chi connectivity index (χ0) is 21.9. The smallest absolute Gasteiger partial charge is 0.255 e. The van der Waals surface area contributed by atoms with Crippen LogP contribution in [-0.2, 0) is 0 Å². The van der Waals surface area contributed by atoms with Gasteiger partial charge in [-0.1, -0.05) is 12.1 Å². The molecule has 5 rings (SSSR count). The number of fused-ring (bicyclic) bond motifs is 2. The molecule has 0 radical (unpaired) electrons. The zero-order valence-corrected chi connectivity index (χ0v) is 16.9. The summed E-state index contributed by atoms with van der Waals surface area (Å²) in [6, 6.07) is 25.2. The Morgan fingerprint density at radius 2 is 0.969 bits per heavy atom. The molecule has 0 unspecified atom stereocenters. The van der Waals surface area contributed by atoms with Gasteiger partial charge in [-0.2, -0.15) is 0 Å². The minimum absolute atomic E-state index is 0.256. The van der Waals surface area contributed by atoms with E-state index in [9.17, 15) is 9.59 Å². The number of anilines is 2. The largest absolute Gasteiger partial charge is 0.321 e. The summed E-state index contributed by atoms with van der Waals surface area (Å²) in [5.41, 5.74) is 3.90. The van der Waals surface area contributed by atoms with Gasteiger partial charge >= 0.3 is 0 Å². The summed E-state index contributed by atoms with van der Waals surface area (Å²) >= 11 is 0. The van der Waals surface area contributed by atoms with Gasteiger partial charge in [-0.05, 0) is 72.8 Å². The predicted molar refractivity (Wildman–Crippen MR) is 126 cm³/mol. The van der Waals surface area contributed by atoms with Crippen LogP contribution in [0.4, 0.5) is 11.4 Å². The lowest BCUT2D eigenvalue weighted by Gasteiger charge is -2.10. The van der Waals surface area contributed by atoms with E-state index in [4.69, 9.17) is 0 Å². The van der Waals surface area contributed by atoms with Crippen LogP contribution in [-0.4, -0.2) is 21.8 Å². The number of nitrogens with zero attached hydrogens (tertiary/aromatic N) is 2. The molecule has 154 valence electrons. The first kappa shape index (κ1) is 19.4. The van der Waals surface area contributed by atoms with Crippen LogP contribution >= 0.6 is 0 Å². The van der Waals surface area contributed by atoms with Gasteiger partial charge in [-0.15, -0.1) is 0 Å². The predicted octanol–water partition coefficient (Wildman–Crippen LogP) is 5.29. The Kier molecular flexibility index (Phi) is 5.01. The maximum atomic E-state index is 12.7. The summed E-state index contributed by atoms with van der Waals surface area (Å²) in [4.78, 5) is 34.1. The third-order valence-corrected chi connectivity index (χ3v) is 5.20. The molecule has 0 aliphatic carbocycles. The summed E-state index contributed by atoms with van der Waals surface area (Å²) in [6.45, 7) is 0. The molecule has 0 atom stereocenters. The first-order valence-electron chi connectivity index (χ1n) is 10.1. The number of pyridine rings is 2. The molecule has 0 saturated heterocycles. The summed E-state index contributed by atoms with van der Waals surface area (Å²) in [5, 5.41) is 7.58. The molecule has 0 fully saturated rings. The van der Waals surface area contributed by atoms with Crippen LogP contribution in [0.25, 0.3) is 21.8 Å². The molecular weight excluding hydrogens is 400 g/mol. The van der Waals surface area contributed by atoms with Crippen molar-refractivity contribution < 1.29 is 9.59 Å². The fraction of sp³-hybridized carbons (Fsp3) is 0. The summed E-state index contributed by atoms with van der Waals surface area (Å²) in [7, 11) is 0. The topological polar surface area (TPSA) is 84.0 Å². The fourth-order valence-electron chi connectivity index (χ4n) is 3.59. The molecule has 2 aromatic heterocycles. The van der Waals surface area contributed by atoms with E-state index in [2.05, 4.69) is 20.6 Å². The zero-order valence-electron chi connectivity index (χ0n) is 16.9. The molecule has 0 aliphatic rings. The Labute approximate surface area is 184 Å². The molecule has 2 heterocycles. The molecule has 32 heavy (non-hydrogen) atoms. The lowest BCUT2D eigenvalue weighted by molar-refractivity contribution is 0.101. The van der Waals surface area contributed by atoms with E-state index in [0.29, 0.717) is 22.5 Å². The summed E-state index contributed by atoms with van der Waals surface area (Å²) in [6.07, 6.45) is 3.43. The Hall–Kier alpha value is -4.58. The van der Waals surface area contributed by atoms with Crippen molar-refractivity contribution in [2.45, 2.75) is 0 Å². The molecule has 5 aromatic rings. The van der Waals surface area contributed by atoms with Gasteiger partial charge in [-0.3, -0.25) is 19.6 Å². The second-order valence-corrected chi connectivity index (χ2v) is 7.24. The summed E-state index contributed by atoms with van der Waals surface area (Å²) in [5.74, 6) is -0.512. The van der Waals surface area contributed by atoms with Crippen LogP contribution < -0.4 is 10.6 Å². The SMILES string of the molecule is O=C(Nc1cccc2ncccc12)c1ccc(C(=O)Nc2cccc3ncccc23)cc1. The number of carbonyl (C=O) groups is 2. The molecule has 6 heteroatoms. The summed E-state index contributed by atoms with van der Waals surface area (Å²) < 4.78 is 0. The molecule has 0 aliphatic heterocycles. The highest BCUT2D eigenvalue weighted by Crippen LogP contribution is 2.23. The molecule has 0 saturated carbocycles. The molecule has 2 N–H and O–H groups in total. The van der Waals surface area contributed by atoms with Crippen LogP contribution in [0.3, 0.4) is 0 Å². The lowest BCUT2D eigenvalue weighted by Crippen LogP contribution is -2.14. The van der Waals surface area contributed by atoms with Gasteiger partial charge in [0.15, 0.2) is 0 Å². The van der Waals surface area contributed by atoms with E-state index >= 15 is 0 Å². The van der Waals surface area contributed by atoms with Gasteiger partial charge in [0.05, 0.1) is 22.4 Å². The standard InChI is InChI=1S/C26H18N4O2/c31-25(29-23-9-1-7-21-19(23)5-3-15-27-21)17-11-13-18(14-12-17)26(32)30-24-10-2-8-22-20(24)6-4-16-28-22/h1-16H,(H,29,31)(H,30,32). The average Bonchev–Trinajstić information content (AvgIpc) is 2.84. The van der Waals surface area contributed by atoms with Crippen LogP contribution in [0.5, 0.6) is 0 Å². The van der Waals surface area contributed by atoms with Crippen molar-refractivity contribution in [3.05, 3.63) is 108 Å². The number of amides is 2. The Morgan fingerprint density at radius 1 is 0.531 bits per heavy atom. The maximum Gasteiger partial charge on any atom is 0.255 e. The number of aromatic nitrogens is 2. The second-order valence-electron chi connectivity index (χ2n) is 7.24. The van der Waals surface area contributed by atoms with Crippen LogP contribution in [0.15, 0.2) is 97.3 Å². The monoisotopic (exact) mass is 418 g/mol. The van der Waals surface area contributed by atoms with E-state index in [-0.39, 0.29) is 11.8 Å². The number of hydrogen-bond donors (Lipinski definition) is 2. The number of benzene rings is 3. The van der Waals surface area contributed by atoms with E-state index in [1.165, 1.54) is 0 Å². The quantitative estimate of drug-likeness (QED) is 0.415. The number of rotatable bonds is 4. The van der Waals surface area contributed by atoms with Gasteiger partial charge in [0.2, 0.25) is 0 Å². The van der Waals surface area contributed by atoms with Crippen LogP contribution in [0, 0.1) is 0 Å². The highest BCUT2D eigenvalue weighted by atomic mass is 16.2. The van der Waals surface area contributed by atoms with Crippen molar-refractivity contribution in [1.82, 2.24) is 9.97 Å². The van der Waals surface area contributed by atoms with Crippen molar-refractivity contribution in [1.29, 1.82) is 0 Å². The maximum absolute atomic E-state index is 12.7. The van der Waals surface area contributed by atoms with Crippen LogP contribution in [0.2, 0.25) is 0 Å². The van der Waals surface area contributed by atoms with Crippen molar-refractivity contribution in [2.75, 3.05) is 10.6 Å². The molecule has 0 spiro atoms. The van der Waals surface area contributed by atoms with E-state index in [0.717, 1.165) is 21.8 Å². The second kappa shape index (κ2) is 8.28. The highest BCUT2D eigenvalue weighted by molar-refractivity contribution is 6.11. The van der Waals surface area contributed by atoms with E-state index in [1.807, 2.05) is 60.7 Å². The lowest BCUT2D eigenvalue weighted by atomic mass is 10.1. The molecule has 6 nitrogen and oxygen atoms in total. The van der Waals surface area contributed by atoms with Crippen LogP contribution in [0.1, 0.15) is 20.7 Å². The normalized spacial score (nSPS) is 10.8. The number of carbonyl (C=O) groups excluding carboxylic acids is 2. The van der Waals surface area contributed by atoms with E-state index < -0.39 is 0 Å². The number of nitrogens with one attached hydrogen (secondary N) is 2. The van der Waals surface area contributed by atoms with Gasteiger partial charge in [0.25, 0.3) is 11.8 Å². The number of hydrogen-bond acceptors (Lipinski definition) is 4. The highest BCUT2D eigenvalue weighted by Gasteiger charge is 2.12. The molecule has 0 bridgehead atoms. The molecule has 2 amide bonds. The first-order valence-corrected chi connectivity index (χ1v) is 10.1. The Balaban J connectivity index is 1.33. The third kappa shape index (κ3) is 3.77. The molecule has 3 aromatic carbocycles. The van der Waals surface area contributed by atoms with Crippen molar-refractivity contribution in [2.24, 2.45) is 0 Å². The van der Waals surface area contributed by atoms with Crippen molar-refractivity contribution in [3.8, 4) is 0 Å². The van der Waals surface area contributed by atoms with Gasteiger partial charge in [0, 0.05) is 34.3 Å². The Bertz CT molecular complexity index is 1340. The Morgan fingerprint density at radius 3 is 1.41 bits per heavy atom. The average molecular weight is 418 g/mol. The molecular formula is C26H18N4O2. The van der Waals surface area contributed by atoms with Crippen molar-refractivity contribution >= 4 is 45.0 Å². The van der Waals surface area contributed by atoms with Gasteiger partial charge < -0.3 is 10.6 Å². The minimum atomic E-state index is -0.256.